The second kappa shape index (κ2) is 9.11. The molecule has 1 N–H and O–H groups in total. The summed E-state index contributed by atoms with van der Waals surface area (Å²) in [5.74, 6) is -0.487. The van der Waals surface area contributed by atoms with Crippen molar-refractivity contribution in [2.45, 2.75) is 13.0 Å². The maximum atomic E-state index is 13.3. The number of anilines is 1. The van der Waals surface area contributed by atoms with Crippen molar-refractivity contribution in [1.82, 2.24) is 0 Å². The molecule has 0 spiro atoms. The zero-order valence-corrected chi connectivity index (χ0v) is 19.9. The fraction of sp³-hybridized carbons (Fsp3) is 0.154. The van der Waals surface area contributed by atoms with Gasteiger partial charge in [0.2, 0.25) is 0 Å². The van der Waals surface area contributed by atoms with E-state index in [9.17, 15) is 14.7 Å². The van der Waals surface area contributed by atoms with E-state index in [-0.39, 0.29) is 11.3 Å². The Kier molecular flexibility index (Phi) is 6.24. The first-order valence-electron chi connectivity index (χ1n) is 10.2. The molecule has 3 aromatic rings. The average Bonchev–Trinajstić information content (AvgIpc) is 3.09. The van der Waals surface area contributed by atoms with Gasteiger partial charge in [0, 0.05) is 11.3 Å². The minimum Gasteiger partial charge on any atom is -0.507 e. The molecule has 1 aliphatic heterocycles. The molecule has 1 heterocycles. The highest BCUT2D eigenvalue weighted by atomic mass is 79.9. The molecule has 1 atom stereocenters. The van der Waals surface area contributed by atoms with Crippen molar-refractivity contribution in [1.29, 1.82) is 0 Å². The van der Waals surface area contributed by atoms with Gasteiger partial charge in [0.15, 0.2) is 0 Å². The number of methoxy groups -OCH3 is 2. The van der Waals surface area contributed by atoms with Gasteiger partial charge in [-0.2, -0.15) is 0 Å². The molecule has 1 fully saturated rings. The summed E-state index contributed by atoms with van der Waals surface area (Å²) in [7, 11) is 3.10. The summed E-state index contributed by atoms with van der Waals surface area (Å²) in [6.07, 6.45) is 0. The van der Waals surface area contributed by atoms with Crippen molar-refractivity contribution in [2.24, 2.45) is 0 Å². The second-order valence-corrected chi connectivity index (χ2v) is 8.43. The summed E-state index contributed by atoms with van der Waals surface area (Å²) >= 11 is 3.41. The monoisotopic (exact) mass is 507 g/mol. The Labute approximate surface area is 200 Å². The maximum absolute atomic E-state index is 13.3. The first-order valence-corrected chi connectivity index (χ1v) is 11.0. The first-order chi connectivity index (χ1) is 15.9. The average molecular weight is 508 g/mol. The highest BCUT2D eigenvalue weighted by Crippen LogP contribution is 2.43. The third kappa shape index (κ3) is 4.00. The quantitative estimate of drug-likeness (QED) is 0.284. The number of aryl methyl sites for hydroxylation is 1. The van der Waals surface area contributed by atoms with Gasteiger partial charge in [-0.15, -0.1) is 0 Å². The van der Waals surface area contributed by atoms with Crippen LogP contribution in [0.5, 0.6) is 11.5 Å². The lowest BCUT2D eigenvalue weighted by Gasteiger charge is -2.26. The van der Waals surface area contributed by atoms with Gasteiger partial charge in [-0.3, -0.25) is 14.5 Å². The van der Waals surface area contributed by atoms with Gasteiger partial charge in [0.25, 0.3) is 11.7 Å². The Bertz CT molecular complexity index is 1270. The number of carbonyl (C=O) groups is 2. The Morgan fingerprint density at radius 2 is 1.67 bits per heavy atom. The number of rotatable bonds is 5. The fourth-order valence-electron chi connectivity index (χ4n) is 4.00. The Morgan fingerprint density at radius 3 is 2.27 bits per heavy atom. The molecular weight excluding hydrogens is 486 g/mol. The van der Waals surface area contributed by atoms with Crippen molar-refractivity contribution >= 4 is 39.1 Å². The van der Waals surface area contributed by atoms with Crippen molar-refractivity contribution in [3.05, 3.63) is 93.5 Å². The van der Waals surface area contributed by atoms with E-state index in [0.29, 0.717) is 27.2 Å². The largest absolute Gasteiger partial charge is 0.507 e. The molecule has 1 saturated heterocycles. The second-order valence-electron chi connectivity index (χ2n) is 7.57. The minimum atomic E-state index is -0.791. The Morgan fingerprint density at radius 1 is 0.970 bits per heavy atom. The van der Waals surface area contributed by atoms with Gasteiger partial charge >= 0.3 is 0 Å². The molecule has 0 radical (unpaired) electrons. The van der Waals surface area contributed by atoms with Crippen molar-refractivity contribution in [3.8, 4) is 11.5 Å². The van der Waals surface area contributed by atoms with E-state index in [2.05, 4.69) is 15.9 Å². The minimum absolute atomic E-state index is 0.0298. The van der Waals surface area contributed by atoms with Gasteiger partial charge in [0.05, 0.1) is 30.3 Å². The molecule has 1 aliphatic rings. The van der Waals surface area contributed by atoms with Crippen LogP contribution in [0.3, 0.4) is 0 Å². The third-order valence-electron chi connectivity index (χ3n) is 5.70. The van der Waals surface area contributed by atoms with Crippen LogP contribution in [0.1, 0.15) is 22.7 Å². The lowest BCUT2D eigenvalue weighted by Crippen LogP contribution is -2.29. The number of ether oxygens (including phenoxy) is 2. The van der Waals surface area contributed by atoms with Crippen LogP contribution in [-0.2, 0) is 9.59 Å². The predicted octanol–water partition coefficient (Wildman–Crippen LogP) is 5.40. The maximum Gasteiger partial charge on any atom is 0.300 e. The van der Waals surface area contributed by atoms with Crippen LogP contribution in [0.2, 0.25) is 0 Å². The number of Topliss-reactive ketones (excluding diaryl/α,β-unsaturated/α-hetero) is 1. The normalized spacial score (nSPS) is 17.3. The molecule has 0 bridgehead atoms. The standard InChI is InChI=1S/C26H22BrNO5/c1-15-6-4-5-7-19(15)23-22(24(29)16-8-13-21(33-3)20(27)14-16)25(30)26(31)28(23)17-9-11-18(32-2)12-10-17/h4-14,23,29H,1-3H3/b24-22+. The van der Waals surface area contributed by atoms with E-state index < -0.39 is 17.7 Å². The van der Waals surface area contributed by atoms with Gasteiger partial charge < -0.3 is 14.6 Å². The van der Waals surface area contributed by atoms with Crippen LogP contribution in [0.25, 0.3) is 5.76 Å². The van der Waals surface area contributed by atoms with Gasteiger partial charge in [-0.25, -0.2) is 0 Å². The van der Waals surface area contributed by atoms with Crippen molar-refractivity contribution in [3.63, 3.8) is 0 Å². The Hall–Kier alpha value is -3.58. The molecule has 0 aromatic heterocycles. The van der Waals surface area contributed by atoms with E-state index in [1.54, 1.807) is 49.6 Å². The van der Waals surface area contributed by atoms with Crippen LogP contribution < -0.4 is 14.4 Å². The fourth-order valence-corrected chi connectivity index (χ4v) is 4.54. The number of aliphatic hydroxyl groups excluding tert-OH is 1. The summed E-state index contributed by atoms with van der Waals surface area (Å²) in [6.45, 7) is 1.91. The number of aliphatic hydroxyl groups is 1. The lowest BCUT2D eigenvalue weighted by molar-refractivity contribution is -0.132. The molecule has 3 aromatic carbocycles. The van der Waals surface area contributed by atoms with E-state index in [0.717, 1.165) is 11.1 Å². The van der Waals surface area contributed by atoms with Crippen LogP contribution in [-0.4, -0.2) is 31.0 Å². The number of nitrogens with zero attached hydrogens (tertiary/aromatic N) is 1. The van der Waals surface area contributed by atoms with Gasteiger partial charge in [-0.1, -0.05) is 24.3 Å². The topological polar surface area (TPSA) is 76.1 Å². The number of hydrogen-bond acceptors (Lipinski definition) is 5. The van der Waals surface area contributed by atoms with E-state index in [4.69, 9.17) is 9.47 Å². The van der Waals surface area contributed by atoms with Crippen LogP contribution >= 0.6 is 15.9 Å². The summed E-state index contributed by atoms with van der Waals surface area (Å²) in [6, 6.07) is 18.6. The molecule has 4 rings (SSSR count). The highest BCUT2D eigenvalue weighted by molar-refractivity contribution is 9.10. The van der Waals surface area contributed by atoms with Crippen molar-refractivity contribution in [2.75, 3.05) is 19.1 Å². The molecule has 33 heavy (non-hydrogen) atoms. The number of ketones is 1. The van der Waals surface area contributed by atoms with E-state index in [1.807, 2.05) is 31.2 Å². The number of carbonyl (C=O) groups excluding carboxylic acids is 2. The highest BCUT2D eigenvalue weighted by Gasteiger charge is 2.47. The molecule has 7 heteroatoms. The molecule has 6 nitrogen and oxygen atoms in total. The molecule has 168 valence electrons. The number of hydrogen-bond donors (Lipinski definition) is 1. The molecule has 0 saturated carbocycles. The van der Waals surface area contributed by atoms with E-state index in [1.165, 1.54) is 12.0 Å². The molecular formula is C26H22BrNO5. The lowest BCUT2D eigenvalue weighted by atomic mass is 9.92. The number of halogens is 1. The summed E-state index contributed by atoms with van der Waals surface area (Å²) in [5, 5.41) is 11.3. The molecule has 1 amide bonds. The summed E-state index contributed by atoms with van der Waals surface area (Å²) < 4.78 is 11.1. The van der Waals surface area contributed by atoms with Gasteiger partial charge in [-0.05, 0) is 76.4 Å². The number of benzene rings is 3. The first kappa shape index (κ1) is 22.6. The zero-order valence-electron chi connectivity index (χ0n) is 18.3. The van der Waals surface area contributed by atoms with Crippen molar-refractivity contribution < 1.29 is 24.2 Å². The SMILES string of the molecule is COc1ccc(N2C(=O)C(=O)/C(=C(/O)c3ccc(OC)c(Br)c3)C2c2ccccc2C)cc1. The molecule has 1 unspecified atom stereocenters. The zero-order chi connectivity index (χ0) is 23.7. The smallest absolute Gasteiger partial charge is 0.300 e. The van der Waals surface area contributed by atoms with Crippen LogP contribution in [0.4, 0.5) is 5.69 Å². The van der Waals surface area contributed by atoms with Crippen LogP contribution in [0.15, 0.2) is 76.8 Å². The van der Waals surface area contributed by atoms with Gasteiger partial charge in [0.1, 0.15) is 17.3 Å². The third-order valence-corrected chi connectivity index (χ3v) is 6.32. The van der Waals surface area contributed by atoms with E-state index >= 15 is 0 Å². The van der Waals surface area contributed by atoms with Crippen LogP contribution in [0, 0.1) is 6.92 Å². The number of amides is 1. The molecule has 0 aliphatic carbocycles. The summed E-state index contributed by atoms with van der Waals surface area (Å²) in [5.41, 5.74) is 2.60. The Balaban J connectivity index is 1.94. The summed E-state index contributed by atoms with van der Waals surface area (Å²) in [4.78, 5) is 27.9. The predicted molar refractivity (Wildman–Crippen MR) is 130 cm³/mol.